The number of aromatic nitrogens is 2. The summed E-state index contributed by atoms with van der Waals surface area (Å²) in [5.74, 6) is 1.84. The van der Waals surface area contributed by atoms with E-state index >= 15 is 0 Å². The number of nitrogens with zero attached hydrogens (tertiary/aromatic N) is 1. The highest BCUT2D eigenvalue weighted by molar-refractivity contribution is 7.71. The number of rotatable bonds is 3. The monoisotopic (exact) mass is 264 g/mol. The van der Waals surface area contributed by atoms with Crippen LogP contribution < -0.4 is 10.6 Å². The molecule has 1 aromatic rings. The molecule has 1 aliphatic heterocycles. The van der Waals surface area contributed by atoms with E-state index in [0.717, 1.165) is 37.8 Å². The van der Waals surface area contributed by atoms with Gasteiger partial charge in [-0.3, -0.25) is 0 Å². The van der Waals surface area contributed by atoms with E-state index in [1.807, 2.05) is 0 Å². The topological polar surface area (TPSA) is 52.7 Å². The zero-order chi connectivity index (χ0) is 12.4. The number of hydrogen-bond donors (Lipinski definition) is 3. The van der Waals surface area contributed by atoms with Crippen molar-refractivity contribution < 1.29 is 0 Å². The Hall–Kier alpha value is -0.940. The van der Waals surface area contributed by atoms with Crippen LogP contribution in [0.5, 0.6) is 0 Å². The van der Waals surface area contributed by atoms with Gasteiger partial charge < -0.3 is 15.6 Å². The van der Waals surface area contributed by atoms with Crippen LogP contribution in [0.25, 0.3) is 0 Å². The number of fused-ring (bicyclic) bond motifs is 1. The smallest absolute Gasteiger partial charge is 0.199 e. The lowest BCUT2D eigenvalue weighted by Gasteiger charge is -2.21. The van der Waals surface area contributed by atoms with Gasteiger partial charge in [-0.1, -0.05) is 12.8 Å². The van der Waals surface area contributed by atoms with Crippen molar-refractivity contribution in [1.82, 2.24) is 15.3 Å². The first-order valence-corrected chi connectivity index (χ1v) is 7.30. The normalized spacial score (nSPS) is 19.8. The summed E-state index contributed by atoms with van der Waals surface area (Å²) in [4.78, 5) is 7.67. The molecule has 3 rings (SSSR count). The van der Waals surface area contributed by atoms with Gasteiger partial charge in [0.1, 0.15) is 5.82 Å². The van der Waals surface area contributed by atoms with E-state index in [0.29, 0.717) is 4.77 Å². The van der Waals surface area contributed by atoms with Crippen molar-refractivity contribution in [2.75, 3.05) is 18.4 Å². The van der Waals surface area contributed by atoms with E-state index in [-0.39, 0.29) is 0 Å². The van der Waals surface area contributed by atoms with Gasteiger partial charge in [0.15, 0.2) is 4.77 Å². The second-order valence-corrected chi connectivity index (χ2v) is 5.69. The Morgan fingerprint density at radius 2 is 2.17 bits per heavy atom. The van der Waals surface area contributed by atoms with E-state index in [1.165, 1.54) is 36.9 Å². The van der Waals surface area contributed by atoms with E-state index in [1.54, 1.807) is 0 Å². The van der Waals surface area contributed by atoms with Crippen LogP contribution in [0.4, 0.5) is 5.82 Å². The molecule has 0 spiro atoms. The van der Waals surface area contributed by atoms with Crippen LogP contribution in [-0.2, 0) is 13.0 Å². The predicted molar refractivity (Wildman–Crippen MR) is 75.3 cm³/mol. The van der Waals surface area contributed by atoms with Crippen molar-refractivity contribution in [2.45, 2.75) is 38.6 Å². The van der Waals surface area contributed by atoms with Crippen LogP contribution in [-0.4, -0.2) is 23.1 Å². The van der Waals surface area contributed by atoms with Crippen molar-refractivity contribution in [1.29, 1.82) is 0 Å². The molecular weight excluding hydrogens is 244 g/mol. The largest absolute Gasteiger partial charge is 0.369 e. The molecule has 0 amide bonds. The van der Waals surface area contributed by atoms with E-state index in [4.69, 9.17) is 12.2 Å². The van der Waals surface area contributed by atoms with Crippen molar-refractivity contribution in [3.05, 3.63) is 16.0 Å². The molecule has 1 saturated carbocycles. The van der Waals surface area contributed by atoms with E-state index < -0.39 is 0 Å². The van der Waals surface area contributed by atoms with Gasteiger partial charge in [0, 0.05) is 24.3 Å². The molecule has 1 aliphatic carbocycles. The Kier molecular flexibility index (Phi) is 3.61. The minimum absolute atomic E-state index is 0.589. The molecule has 2 heterocycles. The number of anilines is 1. The van der Waals surface area contributed by atoms with E-state index in [9.17, 15) is 0 Å². The summed E-state index contributed by atoms with van der Waals surface area (Å²) in [7, 11) is 0. The van der Waals surface area contributed by atoms with Gasteiger partial charge in [-0.25, -0.2) is 4.98 Å². The Bertz CT molecular complexity index is 476. The Balaban J connectivity index is 1.77. The van der Waals surface area contributed by atoms with Gasteiger partial charge in [-0.05, 0) is 43.9 Å². The Labute approximate surface area is 113 Å². The molecule has 0 radical (unpaired) electrons. The summed E-state index contributed by atoms with van der Waals surface area (Å²) in [6, 6.07) is 0. The number of nitrogens with one attached hydrogen (secondary N) is 3. The molecule has 0 atom stereocenters. The van der Waals surface area contributed by atoms with Gasteiger partial charge in [0.2, 0.25) is 0 Å². The minimum Gasteiger partial charge on any atom is -0.369 e. The molecule has 4 nitrogen and oxygen atoms in total. The predicted octanol–water partition coefficient (Wildman–Crippen LogP) is 2.39. The average molecular weight is 264 g/mol. The van der Waals surface area contributed by atoms with Crippen molar-refractivity contribution >= 4 is 18.0 Å². The Morgan fingerprint density at radius 3 is 3.00 bits per heavy atom. The highest BCUT2D eigenvalue weighted by atomic mass is 32.1. The first-order valence-electron chi connectivity index (χ1n) is 6.89. The number of aromatic amines is 1. The molecule has 3 N–H and O–H groups in total. The lowest BCUT2D eigenvalue weighted by molar-refractivity contribution is 0.575. The van der Waals surface area contributed by atoms with E-state index in [2.05, 4.69) is 20.6 Å². The molecular formula is C13H20N4S. The Morgan fingerprint density at radius 1 is 1.33 bits per heavy atom. The third-order valence-corrected chi connectivity index (χ3v) is 4.20. The lowest BCUT2D eigenvalue weighted by atomic mass is 10.1. The van der Waals surface area contributed by atoms with Crippen LogP contribution >= 0.6 is 12.2 Å². The maximum Gasteiger partial charge on any atom is 0.199 e. The maximum atomic E-state index is 5.20. The van der Waals surface area contributed by atoms with Gasteiger partial charge in [0.25, 0.3) is 0 Å². The molecule has 18 heavy (non-hydrogen) atoms. The summed E-state index contributed by atoms with van der Waals surface area (Å²) in [5.41, 5.74) is 2.52. The number of hydrogen-bond acceptors (Lipinski definition) is 4. The fraction of sp³-hybridized carbons (Fsp3) is 0.692. The highest BCUT2D eigenvalue weighted by Gasteiger charge is 2.18. The summed E-state index contributed by atoms with van der Waals surface area (Å²) >= 11 is 5.20. The molecule has 0 unspecified atom stereocenters. The molecule has 0 aromatic carbocycles. The quantitative estimate of drug-likeness (QED) is 0.734. The third kappa shape index (κ3) is 2.57. The molecule has 1 aromatic heterocycles. The molecule has 0 saturated heterocycles. The average Bonchev–Trinajstić information content (AvgIpc) is 2.89. The van der Waals surface area contributed by atoms with Crippen molar-refractivity contribution in [3.8, 4) is 0 Å². The second kappa shape index (κ2) is 5.36. The highest BCUT2D eigenvalue weighted by Crippen LogP contribution is 2.26. The third-order valence-electron chi connectivity index (χ3n) is 4.01. The van der Waals surface area contributed by atoms with Gasteiger partial charge in [-0.15, -0.1) is 0 Å². The lowest BCUT2D eigenvalue weighted by Crippen LogP contribution is -2.27. The van der Waals surface area contributed by atoms with Crippen LogP contribution in [0.15, 0.2) is 0 Å². The molecule has 98 valence electrons. The fourth-order valence-corrected chi connectivity index (χ4v) is 3.21. The van der Waals surface area contributed by atoms with Gasteiger partial charge in [-0.2, -0.15) is 0 Å². The fourth-order valence-electron chi connectivity index (χ4n) is 2.99. The summed E-state index contributed by atoms with van der Waals surface area (Å²) < 4.78 is 0.589. The minimum atomic E-state index is 0.589. The standard InChI is InChI=1S/C13H20N4S/c18-13-16-11-8-14-6-5-10(11)12(17-13)15-7-9-3-1-2-4-9/h9,14H,1-8H2,(H2,15,16,17,18). The molecule has 0 bridgehead atoms. The first kappa shape index (κ1) is 12.1. The molecule has 5 heteroatoms. The zero-order valence-electron chi connectivity index (χ0n) is 10.6. The first-order chi connectivity index (χ1) is 8.83. The molecule has 2 aliphatic rings. The van der Waals surface area contributed by atoms with Crippen LogP contribution in [0, 0.1) is 10.7 Å². The second-order valence-electron chi connectivity index (χ2n) is 5.31. The summed E-state index contributed by atoms with van der Waals surface area (Å²) in [6.07, 6.45) is 6.52. The molecule has 1 fully saturated rings. The van der Waals surface area contributed by atoms with Crippen LogP contribution in [0.1, 0.15) is 36.9 Å². The van der Waals surface area contributed by atoms with Crippen LogP contribution in [0.3, 0.4) is 0 Å². The zero-order valence-corrected chi connectivity index (χ0v) is 11.4. The van der Waals surface area contributed by atoms with Crippen molar-refractivity contribution in [3.63, 3.8) is 0 Å². The van der Waals surface area contributed by atoms with Crippen molar-refractivity contribution in [2.24, 2.45) is 5.92 Å². The van der Waals surface area contributed by atoms with Crippen LogP contribution in [0.2, 0.25) is 0 Å². The maximum absolute atomic E-state index is 5.20. The number of H-pyrrole nitrogens is 1. The van der Waals surface area contributed by atoms with Gasteiger partial charge >= 0.3 is 0 Å². The van der Waals surface area contributed by atoms with Gasteiger partial charge in [0.05, 0.1) is 0 Å². The SMILES string of the molecule is S=c1nc(NCC2CCCC2)c2c([nH]1)CNCC2. The summed E-state index contributed by atoms with van der Waals surface area (Å²) in [6.45, 7) is 2.95. The summed E-state index contributed by atoms with van der Waals surface area (Å²) in [5, 5.41) is 6.89.